The maximum Gasteiger partial charge on any atom is 0.239 e. The molecule has 1 unspecified atom stereocenters. The zero-order valence-corrected chi connectivity index (χ0v) is 12.8. The maximum absolute atomic E-state index is 12.2. The van der Waals surface area contributed by atoms with Crippen molar-refractivity contribution < 1.29 is 18.3 Å². The number of thioether (sulfide) groups is 1. The van der Waals surface area contributed by atoms with Crippen LogP contribution in [0.2, 0.25) is 0 Å². The molecule has 1 aliphatic rings. The molecule has 3 N–H and O–H groups in total. The number of aliphatic hydroxyl groups is 1. The smallest absolute Gasteiger partial charge is 0.239 e. The first-order chi connectivity index (χ1) is 8.91. The van der Waals surface area contributed by atoms with Crippen molar-refractivity contribution in [1.82, 2.24) is 4.90 Å². The van der Waals surface area contributed by atoms with Crippen LogP contribution >= 0.6 is 11.8 Å². The van der Waals surface area contributed by atoms with Crippen molar-refractivity contribution in [2.45, 2.75) is 24.9 Å². The molecule has 0 aliphatic carbocycles. The van der Waals surface area contributed by atoms with Gasteiger partial charge in [0.15, 0.2) is 9.84 Å². The first kappa shape index (κ1) is 16.7. The lowest BCUT2D eigenvalue weighted by Gasteiger charge is -2.30. The van der Waals surface area contributed by atoms with Crippen molar-refractivity contribution in [2.24, 2.45) is 5.73 Å². The van der Waals surface area contributed by atoms with Crippen LogP contribution in [0.25, 0.3) is 0 Å². The van der Waals surface area contributed by atoms with Crippen LogP contribution in [0.4, 0.5) is 0 Å². The SMILES string of the molecule is CSCC[C@@H](N)C(=O)N(CCO)C1CCS(=O)(=O)C1. The van der Waals surface area contributed by atoms with Gasteiger partial charge in [0.2, 0.25) is 5.91 Å². The Labute approximate surface area is 118 Å². The maximum atomic E-state index is 12.2. The summed E-state index contributed by atoms with van der Waals surface area (Å²) in [6.07, 6.45) is 2.93. The van der Waals surface area contributed by atoms with Gasteiger partial charge in [0, 0.05) is 12.6 Å². The van der Waals surface area contributed by atoms with Crippen molar-refractivity contribution in [3.05, 3.63) is 0 Å². The summed E-state index contributed by atoms with van der Waals surface area (Å²) in [7, 11) is -3.06. The highest BCUT2D eigenvalue weighted by atomic mass is 32.2. The Morgan fingerprint density at radius 2 is 2.26 bits per heavy atom. The van der Waals surface area contributed by atoms with Crippen LogP contribution in [0.3, 0.4) is 0 Å². The monoisotopic (exact) mass is 310 g/mol. The molecular formula is C11H22N2O4S2. The first-order valence-corrected chi connectivity index (χ1v) is 9.49. The second-order valence-corrected chi connectivity index (χ2v) is 7.91. The van der Waals surface area contributed by atoms with Gasteiger partial charge in [0.1, 0.15) is 0 Å². The fraction of sp³-hybridized carbons (Fsp3) is 0.909. The van der Waals surface area contributed by atoms with Gasteiger partial charge in [-0.15, -0.1) is 0 Å². The van der Waals surface area contributed by atoms with E-state index in [0.29, 0.717) is 12.8 Å². The predicted octanol–water partition coefficient (Wildman–Crippen LogP) is -0.925. The molecule has 1 rings (SSSR count). The molecule has 6 nitrogen and oxygen atoms in total. The summed E-state index contributed by atoms with van der Waals surface area (Å²) >= 11 is 1.61. The molecule has 8 heteroatoms. The fourth-order valence-corrected chi connectivity index (χ4v) is 4.40. The normalized spacial score (nSPS) is 23.2. The Bertz CT molecular complexity index is 399. The molecule has 1 aliphatic heterocycles. The largest absolute Gasteiger partial charge is 0.395 e. The Morgan fingerprint density at radius 3 is 2.74 bits per heavy atom. The van der Waals surface area contributed by atoms with Gasteiger partial charge in [-0.25, -0.2) is 8.42 Å². The molecule has 1 fully saturated rings. The van der Waals surface area contributed by atoms with E-state index in [9.17, 15) is 13.2 Å². The first-order valence-electron chi connectivity index (χ1n) is 6.27. The minimum atomic E-state index is -3.06. The number of sulfone groups is 1. The van der Waals surface area contributed by atoms with Crippen molar-refractivity contribution >= 4 is 27.5 Å². The van der Waals surface area contributed by atoms with Gasteiger partial charge in [-0.2, -0.15) is 11.8 Å². The standard InChI is InChI=1S/C11H22N2O4S2/c1-18-6-2-10(12)11(15)13(4-5-14)9-3-7-19(16,17)8-9/h9-10,14H,2-8,12H2,1H3/t9?,10-/m1/s1. The van der Waals surface area contributed by atoms with Gasteiger partial charge in [-0.05, 0) is 24.9 Å². The molecule has 0 bridgehead atoms. The number of carbonyl (C=O) groups excluding carboxylic acids is 1. The number of carbonyl (C=O) groups is 1. The lowest BCUT2D eigenvalue weighted by Crippen LogP contribution is -2.50. The van der Waals surface area contributed by atoms with Crippen LogP contribution in [0.15, 0.2) is 0 Å². The van der Waals surface area contributed by atoms with E-state index < -0.39 is 15.9 Å². The highest BCUT2D eigenvalue weighted by Crippen LogP contribution is 2.18. The molecule has 2 atom stereocenters. The minimum absolute atomic E-state index is 0.0199. The molecule has 112 valence electrons. The van der Waals surface area contributed by atoms with Crippen LogP contribution in [0.1, 0.15) is 12.8 Å². The van der Waals surface area contributed by atoms with E-state index in [4.69, 9.17) is 10.8 Å². The average molecular weight is 310 g/mol. The van der Waals surface area contributed by atoms with Gasteiger partial charge < -0.3 is 15.7 Å². The van der Waals surface area contributed by atoms with E-state index in [1.165, 1.54) is 4.90 Å². The number of aliphatic hydroxyl groups excluding tert-OH is 1. The third kappa shape index (κ3) is 4.94. The molecule has 0 aromatic carbocycles. The summed E-state index contributed by atoms with van der Waals surface area (Å²) in [5.74, 6) is 0.606. The van der Waals surface area contributed by atoms with E-state index in [0.717, 1.165) is 5.75 Å². The third-order valence-corrected chi connectivity index (χ3v) is 5.62. The van der Waals surface area contributed by atoms with Gasteiger partial charge in [-0.1, -0.05) is 0 Å². The molecule has 0 saturated carbocycles. The zero-order valence-electron chi connectivity index (χ0n) is 11.1. The summed E-state index contributed by atoms with van der Waals surface area (Å²) in [5.41, 5.74) is 5.83. The van der Waals surface area contributed by atoms with Gasteiger partial charge >= 0.3 is 0 Å². The summed E-state index contributed by atoms with van der Waals surface area (Å²) < 4.78 is 23.0. The minimum Gasteiger partial charge on any atom is -0.395 e. The molecule has 1 saturated heterocycles. The molecule has 0 aromatic rings. The van der Waals surface area contributed by atoms with E-state index in [2.05, 4.69) is 0 Å². The van der Waals surface area contributed by atoms with Crippen molar-refractivity contribution in [2.75, 3.05) is 36.7 Å². The second-order valence-electron chi connectivity index (χ2n) is 4.70. The summed E-state index contributed by atoms with van der Waals surface area (Å²) in [5, 5.41) is 9.05. The summed E-state index contributed by atoms with van der Waals surface area (Å²) in [6.45, 7) is -0.0382. The molecular weight excluding hydrogens is 288 g/mol. The van der Waals surface area contributed by atoms with E-state index >= 15 is 0 Å². The van der Waals surface area contributed by atoms with Crippen molar-refractivity contribution in [3.8, 4) is 0 Å². The zero-order chi connectivity index (χ0) is 14.5. The molecule has 0 aromatic heterocycles. The topological polar surface area (TPSA) is 101 Å². The molecule has 0 radical (unpaired) electrons. The van der Waals surface area contributed by atoms with Crippen molar-refractivity contribution in [3.63, 3.8) is 0 Å². The van der Waals surface area contributed by atoms with Crippen LogP contribution in [-0.2, 0) is 14.6 Å². The lowest BCUT2D eigenvalue weighted by atomic mass is 10.1. The molecule has 19 heavy (non-hydrogen) atoms. The van der Waals surface area contributed by atoms with Crippen LogP contribution < -0.4 is 5.73 Å². The van der Waals surface area contributed by atoms with Crippen molar-refractivity contribution in [1.29, 1.82) is 0 Å². The van der Waals surface area contributed by atoms with Crippen LogP contribution in [-0.4, -0.2) is 73.1 Å². The quantitative estimate of drug-likeness (QED) is 0.630. The van der Waals surface area contributed by atoms with Gasteiger partial charge in [0.05, 0.1) is 24.2 Å². The lowest BCUT2D eigenvalue weighted by molar-refractivity contribution is -0.135. The van der Waals surface area contributed by atoms with Crippen LogP contribution in [0, 0.1) is 0 Å². The number of nitrogens with two attached hydrogens (primary N) is 1. The molecule has 1 heterocycles. The molecule has 0 spiro atoms. The predicted molar refractivity (Wildman–Crippen MR) is 76.8 cm³/mol. The number of nitrogens with zero attached hydrogens (tertiary/aromatic N) is 1. The van der Waals surface area contributed by atoms with E-state index in [1.54, 1.807) is 11.8 Å². The Kier molecular flexibility index (Phi) is 6.58. The Morgan fingerprint density at radius 1 is 1.58 bits per heavy atom. The number of hydrogen-bond acceptors (Lipinski definition) is 6. The summed E-state index contributed by atoms with van der Waals surface area (Å²) in [6, 6.07) is -0.965. The molecule has 1 amide bonds. The summed E-state index contributed by atoms with van der Waals surface area (Å²) in [4.78, 5) is 13.7. The highest BCUT2D eigenvalue weighted by Gasteiger charge is 2.35. The van der Waals surface area contributed by atoms with Gasteiger partial charge in [-0.3, -0.25) is 4.79 Å². The third-order valence-electron chi connectivity index (χ3n) is 3.22. The Hall–Kier alpha value is -0.310. The van der Waals surface area contributed by atoms with E-state index in [1.807, 2.05) is 6.26 Å². The highest BCUT2D eigenvalue weighted by molar-refractivity contribution is 7.98. The fourth-order valence-electron chi connectivity index (χ4n) is 2.18. The number of rotatable bonds is 7. The second kappa shape index (κ2) is 7.47. The van der Waals surface area contributed by atoms with E-state index in [-0.39, 0.29) is 36.6 Å². The average Bonchev–Trinajstić information content (AvgIpc) is 2.72. The van der Waals surface area contributed by atoms with Crippen LogP contribution in [0.5, 0.6) is 0 Å². The number of amides is 1. The number of hydrogen-bond donors (Lipinski definition) is 2. The van der Waals surface area contributed by atoms with Gasteiger partial charge in [0.25, 0.3) is 0 Å². The Balaban J connectivity index is 2.69.